The molecular formula is C60H97NO8. The summed E-state index contributed by atoms with van der Waals surface area (Å²) >= 11 is 0. The van der Waals surface area contributed by atoms with Crippen LogP contribution in [0.2, 0.25) is 0 Å². The van der Waals surface area contributed by atoms with Crippen molar-refractivity contribution in [3.8, 4) is 0 Å². The van der Waals surface area contributed by atoms with E-state index in [9.17, 15) is 19.5 Å². The van der Waals surface area contributed by atoms with Gasteiger partial charge in [0.05, 0.1) is 46.7 Å². The van der Waals surface area contributed by atoms with Crippen molar-refractivity contribution < 1.29 is 42.9 Å². The van der Waals surface area contributed by atoms with Crippen LogP contribution in [0.25, 0.3) is 0 Å². The van der Waals surface area contributed by atoms with Crippen molar-refractivity contribution in [1.82, 2.24) is 0 Å². The Morgan fingerprint density at radius 1 is 0.449 bits per heavy atom. The zero-order valence-corrected chi connectivity index (χ0v) is 44.1. The number of ether oxygens (including phenoxy) is 4. The highest BCUT2D eigenvalue weighted by Gasteiger charge is 2.21. The molecule has 0 bridgehead atoms. The zero-order valence-electron chi connectivity index (χ0n) is 44.1. The molecule has 0 aliphatic heterocycles. The molecule has 0 heterocycles. The molecule has 0 aromatic carbocycles. The molecule has 0 saturated carbocycles. The molecule has 0 spiro atoms. The van der Waals surface area contributed by atoms with E-state index in [0.29, 0.717) is 23.9 Å². The van der Waals surface area contributed by atoms with E-state index in [1.807, 2.05) is 33.3 Å². The summed E-state index contributed by atoms with van der Waals surface area (Å²) < 4.78 is 22.5. The second-order valence-corrected chi connectivity index (χ2v) is 18.4. The second-order valence-electron chi connectivity index (χ2n) is 18.4. The molecule has 0 fully saturated rings. The Morgan fingerprint density at radius 3 is 1.23 bits per heavy atom. The number of esters is 2. The minimum Gasteiger partial charge on any atom is -0.545 e. The van der Waals surface area contributed by atoms with Gasteiger partial charge in [0.2, 0.25) is 0 Å². The predicted molar refractivity (Wildman–Crippen MR) is 287 cm³/mol. The van der Waals surface area contributed by atoms with E-state index < -0.39 is 30.3 Å². The van der Waals surface area contributed by atoms with Crippen LogP contribution in [0.3, 0.4) is 0 Å². The average molecular weight is 960 g/mol. The van der Waals surface area contributed by atoms with Crippen LogP contribution in [0, 0.1) is 0 Å². The van der Waals surface area contributed by atoms with Crippen LogP contribution in [-0.2, 0) is 33.3 Å². The lowest BCUT2D eigenvalue weighted by Gasteiger charge is -2.26. The minimum atomic E-state index is -1.65. The molecule has 0 aromatic heterocycles. The zero-order chi connectivity index (χ0) is 50.6. The second kappa shape index (κ2) is 50.1. The fourth-order valence-electron chi connectivity index (χ4n) is 6.69. The van der Waals surface area contributed by atoms with E-state index in [1.54, 1.807) is 6.08 Å². The van der Waals surface area contributed by atoms with E-state index in [1.165, 1.54) is 64.2 Å². The number of hydrogen-bond donors (Lipinski definition) is 0. The number of aliphatic carboxylic acids is 1. The lowest BCUT2D eigenvalue weighted by molar-refractivity contribution is -0.870. The van der Waals surface area contributed by atoms with Gasteiger partial charge in [-0.3, -0.25) is 9.59 Å². The summed E-state index contributed by atoms with van der Waals surface area (Å²) in [6.07, 6.45) is 67.1. The summed E-state index contributed by atoms with van der Waals surface area (Å²) in [4.78, 5) is 37.1. The number of carbonyl (C=O) groups excluding carboxylic acids is 3. The molecule has 0 saturated heterocycles. The van der Waals surface area contributed by atoms with E-state index >= 15 is 0 Å². The summed E-state index contributed by atoms with van der Waals surface area (Å²) in [6.45, 7) is 4.38. The number of unbranched alkanes of at least 4 members (excludes halogenated alkanes) is 13. The van der Waals surface area contributed by atoms with Crippen molar-refractivity contribution in [2.45, 2.75) is 193 Å². The number of rotatable bonds is 47. The van der Waals surface area contributed by atoms with Crippen molar-refractivity contribution >= 4 is 17.9 Å². The molecule has 9 heteroatoms. The first-order valence-corrected chi connectivity index (χ1v) is 26.7. The number of carboxylic acid groups (broad SMARTS) is 1. The fraction of sp³-hybridized carbons (Fsp3) is 0.617. The van der Waals surface area contributed by atoms with Gasteiger partial charge < -0.3 is 33.3 Å². The van der Waals surface area contributed by atoms with Crippen LogP contribution in [0.5, 0.6) is 0 Å². The number of likely N-dealkylation sites (N-methyl/N-ethyl adjacent to an activating group) is 1. The van der Waals surface area contributed by atoms with Gasteiger partial charge in [0.15, 0.2) is 12.4 Å². The molecule has 0 amide bonds. The number of allylic oxidation sites excluding steroid dienone is 19. The Kier molecular flexibility index (Phi) is 47.0. The third-order valence-corrected chi connectivity index (χ3v) is 10.7. The van der Waals surface area contributed by atoms with Gasteiger partial charge in [-0.25, -0.2) is 0 Å². The van der Waals surface area contributed by atoms with Crippen molar-refractivity contribution in [3.63, 3.8) is 0 Å². The van der Waals surface area contributed by atoms with Crippen LogP contribution in [-0.4, -0.2) is 82.3 Å². The first-order chi connectivity index (χ1) is 33.6. The van der Waals surface area contributed by atoms with Gasteiger partial charge in [-0.2, -0.15) is 0 Å². The van der Waals surface area contributed by atoms with Crippen molar-refractivity contribution in [2.24, 2.45) is 0 Å². The molecule has 0 aliphatic carbocycles. The van der Waals surface area contributed by atoms with Gasteiger partial charge >= 0.3 is 11.9 Å². The first kappa shape index (κ1) is 64.7. The molecule has 0 radical (unpaired) electrons. The monoisotopic (exact) mass is 960 g/mol. The Bertz CT molecular complexity index is 1540. The third kappa shape index (κ3) is 51.4. The molecule has 0 N–H and O–H groups in total. The maximum absolute atomic E-state index is 12.8. The smallest absolute Gasteiger partial charge is 0.309 e. The number of quaternary nitrogens is 1. The van der Waals surface area contributed by atoms with E-state index in [4.69, 9.17) is 18.9 Å². The van der Waals surface area contributed by atoms with E-state index in [-0.39, 0.29) is 32.7 Å². The minimum absolute atomic E-state index is 0.0539. The highest BCUT2D eigenvalue weighted by Crippen LogP contribution is 2.15. The highest BCUT2D eigenvalue weighted by molar-refractivity contribution is 5.71. The Morgan fingerprint density at radius 2 is 0.826 bits per heavy atom. The van der Waals surface area contributed by atoms with Gasteiger partial charge in [0, 0.05) is 6.42 Å². The maximum atomic E-state index is 12.8. The Hall–Kier alpha value is -4.31. The van der Waals surface area contributed by atoms with Crippen LogP contribution < -0.4 is 5.11 Å². The van der Waals surface area contributed by atoms with Gasteiger partial charge in [-0.15, -0.1) is 0 Å². The van der Waals surface area contributed by atoms with Gasteiger partial charge in [0.25, 0.3) is 0 Å². The number of carbonyl (C=O) groups is 3. The van der Waals surface area contributed by atoms with Gasteiger partial charge in [-0.05, 0) is 83.5 Å². The molecule has 0 aromatic rings. The van der Waals surface area contributed by atoms with Crippen molar-refractivity contribution in [3.05, 3.63) is 122 Å². The third-order valence-electron chi connectivity index (χ3n) is 10.7. The molecule has 9 nitrogen and oxygen atoms in total. The number of hydrogen-bond acceptors (Lipinski definition) is 8. The molecule has 0 aliphatic rings. The normalized spacial score (nSPS) is 13.8. The van der Waals surface area contributed by atoms with E-state index in [2.05, 4.69) is 117 Å². The van der Waals surface area contributed by atoms with Crippen molar-refractivity contribution in [1.29, 1.82) is 0 Å². The van der Waals surface area contributed by atoms with Crippen LogP contribution in [0.1, 0.15) is 181 Å². The highest BCUT2D eigenvalue weighted by atomic mass is 16.7. The van der Waals surface area contributed by atoms with E-state index in [0.717, 1.165) is 77.0 Å². The molecule has 2 atom stereocenters. The summed E-state index contributed by atoms with van der Waals surface area (Å²) in [5.41, 5.74) is 0. The Labute approximate surface area is 421 Å². The molecule has 69 heavy (non-hydrogen) atoms. The van der Waals surface area contributed by atoms with Gasteiger partial charge in [-0.1, -0.05) is 206 Å². The Balaban J connectivity index is 4.32. The quantitative estimate of drug-likeness (QED) is 0.0195. The van der Waals surface area contributed by atoms with Crippen LogP contribution in [0.15, 0.2) is 122 Å². The lowest BCUT2D eigenvalue weighted by Crippen LogP contribution is -2.44. The summed E-state index contributed by atoms with van der Waals surface area (Å²) in [5, 5.41) is 11.7. The average Bonchev–Trinajstić information content (AvgIpc) is 3.31. The number of nitrogens with zero attached hydrogens (tertiary/aromatic N) is 1. The first-order valence-electron chi connectivity index (χ1n) is 26.7. The lowest BCUT2D eigenvalue weighted by atomic mass is 10.0. The standard InChI is InChI=1S/C60H97NO8/c1-6-8-10-12-14-16-18-20-22-23-24-25-26-27-28-29-30-31-32-33-34-35-37-39-41-43-45-47-49-51-58(63)69-56(55-68-60(59(64)65)66-53-52-61(3,4)5)54-67-57(62)50-48-46-44-42-40-38-36-21-19-17-15-13-11-9-7-2/h8-11,14-17,20-22,24-25,27-28,36,40,42,46,48,56,60H,6-7,12-13,18-19,23,26,29-35,37-39,41,43-45,47,49-55H2,1-5H3/b10-8-,11-9-,16-14-,17-15-,22-20-,25-24-,28-27-,36-21-,42-40-,48-46-. The predicted octanol–water partition coefficient (Wildman–Crippen LogP) is 14.0. The molecule has 2 unspecified atom stereocenters. The van der Waals surface area contributed by atoms with Crippen molar-refractivity contribution in [2.75, 3.05) is 47.5 Å². The number of carboxylic acids is 1. The SMILES string of the molecule is CC/C=C\C/C=C\C/C=C\C/C=C\C/C=C\CCCCCCCCCCCCCCCC(=O)OC(COC(=O)C/C=C\C/C=C\C/C=C\C/C=C\C/C=C\CC)COC(OCC[N+](C)(C)C)C(=O)[O-]. The summed E-state index contributed by atoms with van der Waals surface area (Å²) in [5.74, 6) is -2.46. The van der Waals surface area contributed by atoms with Crippen LogP contribution in [0.4, 0.5) is 0 Å². The fourth-order valence-corrected chi connectivity index (χ4v) is 6.69. The molecule has 0 rings (SSSR count). The molecule has 390 valence electrons. The topological polar surface area (TPSA) is 111 Å². The molecular weight excluding hydrogens is 863 g/mol. The van der Waals surface area contributed by atoms with Gasteiger partial charge in [0.1, 0.15) is 13.2 Å². The summed E-state index contributed by atoms with van der Waals surface area (Å²) in [7, 11) is 5.88. The van der Waals surface area contributed by atoms with Crippen LogP contribution >= 0.6 is 0 Å². The summed E-state index contributed by atoms with van der Waals surface area (Å²) in [6, 6.07) is 0. The maximum Gasteiger partial charge on any atom is 0.309 e. The largest absolute Gasteiger partial charge is 0.545 e.